The predicted octanol–water partition coefficient (Wildman–Crippen LogP) is 2.46. The number of phenols is 1. The molecule has 0 aliphatic rings. The summed E-state index contributed by atoms with van der Waals surface area (Å²) in [5.74, 6) is 0.0342. The van der Waals surface area contributed by atoms with Gasteiger partial charge in [-0.3, -0.25) is 4.79 Å². The van der Waals surface area contributed by atoms with E-state index in [0.29, 0.717) is 12.1 Å². The summed E-state index contributed by atoms with van der Waals surface area (Å²) in [5.41, 5.74) is 0.631. The molecule has 1 aromatic carbocycles. The fourth-order valence-corrected chi connectivity index (χ4v) is 1.83. The van der Waals surface area contributed by atoms with Gasteiger partial charge < -0.3 is 10.4 Å². The van der Waals surface area contributed by atoms with Crippen molar-refractivity contribution in [2.75, 3.05) is 6.54 Å². The third-order valence-corrected chi connectivity index (χ3v) is 2.84. The Bertz CT molecular complexity index is 368. The molecule has 0 spiro atoms. The molecule has 0 saturated carbocycles. The zero-order chi connectivity index (χ0) is 12.7. The van der Waals surface area contributed by atoms with Gasteiger partial charge in [0.05, 0.1) is 11.8 Å². The Labute approximate surface area is 107 Å². The van der Waals surface area contributed by atoms with Crippen LogP contribution >= 0.6 is 11.6 Å². The molecular formula is C13H18ClNO2. The Morgan fingerprint density at radius 1 is 1.47 bits per heavy atom. The van der Waals surface area contributed by atoms with Crippen molar-refractivity contribution in [1.82, 2.24) is 5.32 Å². The molecule has 0 heterocycles. The van der Waals surface area contributed by atoms with Gasteiger partial charge in [0.15, 0.2) is 0 Å². The molecule has 1 aromatic rings. The van der Waals surface area contributed by atoms with Crippen LogP contribution in [0.1, 0.15) is 25.3 Å². The van der Waals surface area contributed by atoms with Crippen LogP contribution in [0, 0.1) is 0 Å². The predicted molar refractivity (Wildman–Crippen MR) is 69.4 cm³/mol. The molecule has 4 heteroatoms. The zero-order valence-electron chi connectivity index (χ0n) is 9.95. The maximum absolute atomic E-state index is 11.6. The minimum absolute atomic E-state index is 0.0201. The highest BCUT2D eigenvalue weighted by Gasteiger charge is 2.09. The van der Waals surface area contributed by atoms with E-state index >= 15 is 0 Å². The molecule has 1 unspecified atom stereocenters. The van der Waals surface area contributed by atoms with Crippen molar-refractivity contribution in [2.24, 2.45) is 0 Å². The molecule has 2 N–H and O–H groups in total. The lowest BCUT2D eigenvalue weighted by Crippen LogP contribution is -2.30. The topological polar surface area (TPSA) is 49.3 Å². The monoisotopic (exact) mass is 255 g/mol. The number of alkyl halides is 1. The Morgan fingerprint density at radius 2 is 2.18 bits per heavy atom. The van der Waals surface area contributed by atoms with Gasteiger partial charge in [0.25, 0.3) is 0 Å². The van der Waals surface area contributed by atoms with Crippen LogP contribution in [0.2, 0.25) is 0 Å². The first-order chi connectivity index (χ1) is 8.13. The molecule has 0 bridgehead atoms. The maximum atomic E-state index is 11.6. The smallest absolute Gasteiger partial charge is 0.224 e. The highest BCUT2D eigenvalue weighted by atomic mass is 35.5. The highest BCUT2D eigenvalue weighted by molar-refractivity contribution is 6.20. The van der Waals surface area contributed by atoms with Gasteiger partial charge in [-0.25, -0.2) is 0 Å². The maximum Gasteiger partial charge on any atom is 0.224 e. The fourth-order valence-electron chi connectivity index (χ4n) is 1.54. The van der Waals surface area contributed by atoms with Gasteiger partial charge in [0, 0.05) is 12.1 Å². The third-order valence-electron chi connectivity index (χ3n) is 2.47. The van der Waals surface area contributed by atoms with E-state index in [1.807, 2.05) is 0 Å². The number of carbonyl (C=O) groups is 1. The number of para-hydroxylation sites is 1. The molecule has 1 rings (SSSR count). The minimum Gasteiger partial charge on any atom is -0.508 e. The number of aromatic hydroxyl groups is 1. The molecule has 94 valence electrons. The van der Waals surface area contributed by atoms with Crippen LogP contribution in [-0.2, 0) is 11.2 Å². The van der Waals surface area contributed by atoms with E-state index in [2.05, 4.69) is 12.2 Å². The van der Waals surface area contributed by atoms with E-state index < -0.39 is 0 Å². The van der Waals surface area contributed by atoms with Gasteiger partial charge in [0.1, 0.15) is 5.75 Å². The van der Waals surface area contributed by atoms with Crippen LogP contribution in [-0.4, -0.2) is 22.9 Å². The summed E-state index contributed by atoms with van der Waals surface area (Å²) < 4.78 is 0. The summed E-state index contributed by atoms with van der Waals surface area (Å²) in [6.45, 7) is 2.53. The van der Waals surface area contributed by atoms with Gasteiger partial charge in [-0.2, -0.15) is 0 Å². The number of amides is 1. The first-order valence-electron chi connectivity index (χ1n) is 5.81. The lowest BCUT2D eigenvalue weighted by molar-refractivity contribution is -0.120. The first kappa shape index (κ1) is 13.8. The minimum atomic E-state index is -0.117. The standard InChI is InChI=1S/C13H18ClNO2/c1-2-5-11(14)9-15-13(17)8-10-6-3-4-7-12(10)16/h3-4,6-7,11,16H,2,5,8-9H2,1H3,(H,15,17). The second-order valence-corrected chi connectivity index (χ2v) is 4.61. The van der Waals surface area contributed by atoms with Crippen LogP contribution in [0.25, 0.3) is 0 Å². The quantitative estimate of drug-likeness (QED) is 0.768. The van der Waals surface area contributed by atoms with Crippen molar-refractivity contribution in [1.29, 1.82) is 0 Å². The van der Waals surface area contributed by atoms with Crippen LogP contribution in [0.4, 0.5) is 0 Å². The lowest BCUT2D eigenvalue weighted by atomic mass is 10.1. The molecule has 1 atom stereocenters. The zero-order valence-corrected chi connectivity index (χ0v) is 10.7. The lowest BCUT2D eigenvalue weighted by Gasteiger charge is -2.10. The summed E-state index contributed by atoms with van der Waals surface area (Å²) in [7, 11) is 0. The molecule has 0 radical (unpaired) electrons. The molecule has 0 saturated heterocycles. The third kappa shape index (κ3) is 5.09. The van der Waals surface area contributed by atoms with E-state index in [-0.39, 0.29) is 23.5 Å². The first-order valence-corrected chi connectivity index (χ1v) is 6.24. The molecule has 0 aliphatic heterocycles. The van der Waals surface area contributed by atoms with Crippen molar-refractivity contribution >= 4 is 17.5 Å². The van der Waals surface area contributed by atoms with Crippen LogP contribution in [0.5, 0.6) is 5.75 Å². The molecule has 0 aromatic heterocycles. The van der Waals surface area contributed by atoms with Crippen molar-refractivity contribution in [3.63, 3.8) is 0 Å². The number of halogens is 1. The largest absolute Gasteiger partial charge is 0.508 e. The average molecular weight is 256 g/mol. The van der Waals surface area contributed by atoms with Gasteiger partial charge in [-0.15, -0.1) is 11.6 Å². The second-order valence-electron chi connectivity index (χ2n) is 4.00. The summed E-state index contributed by atoms with van der Waals surface area (Å²) in [5, 5.41) is 12.3. The number of carbonyl (C=O) groups excluding carboxylic acids is 1. The number of hydrogen-bond donors (Lipinski definition) is 2. The van der Waals surface area contributed by atoms with Gasteiger partial charge >= 0.3 is 0 Å². The van der Waals surface area contributed by atoms with Gasteiger partial charge in [-0.05, 0) is 12.5 Å². The number of hydrogen-bond acceptors (Lipinski definition) is 2. The molecule has 1 amide bonds. The number of rotatable bonds is 6. The van der Waals surface area contributed by atoms with Crippen molar-refractivity contribution < 1.29 is 9.90 Å². The molecule has 0 aliphatic carbocycles. The Morgan fingerprint density at radius 3 is 2.82 bits per heavy atom. The van der Waals surface area contributed by atoms with Gasteiger partial charge in [0.2, 0.25) is 5.91 Å². The highest BCUT2D eigenvalue weighted by Crippen LogP contribution is 2.15. The summed E-state index contributed by atoms with van der Waals surface area (Å²) >= 11 is 6.00. The SMILES string of the molecule is CCCC(Cl)CNC(=O)Cc1ccccc1O. The number of benzene rings is 1. The molecule has 3 nitrogen and oxygen atoms in total. The summed E-state index contributed by atoms with van der Waals surface area (Å²) in [4.78, 5) is 11.6. The molecular weight excluding hydrogens is 238 g/mol. The average Bonchev–Trinajstić information content (AvgIpc) is 2.30. The Kier molecular flexibility index (Phi) is 5.84. The van der Waals surface area contributed by atoms with Crippen LogP contribution in [0.15, 0.2) is 24.3 Å². The van der Waals surface area contributed by atoms with Crippen molar-refractivity contribution in [3.8, 4) is 5.75 Å². The number of nitrogens with one attached hydrogen (secondary N) is 1. The Hall–Kier alpha value is -1.22. The van der Waals surface area contributed by atoms with Gasteiger partial charge in [-0.1, -0.05) is 31.5 Å². The summed E-state index contributed by atoms with van der Waals surface area (Å²) in [6, 6.07) is 6.83. The fraction of sp³-hybridized carbons (Fsp3) is 0.462. The van der Waals surface area contributed by atoms with Crippen LogP contribution in [0.3, 0.4) is 0 Å². The number of phenolic OH excluding ortho intramolecular Hbond substituents is 1. The van der Waals surface area contributed by atoms with Crippen molar-refractivity contribution in [2.45, 2.75) is 31.6 Å². The summed E-state index contributed by atoms with van der Waals surface area (Å²) in [6.07, 6.45) is 2.07. The molecule has 17 heavy (non-hydrogen) atoms. The van der Waals surface area contributed by atoms with E-state index in [4.69, 9.17) is 11.6 Å². The van der Waals surface area contributed by atoms with Crippen LogP contribution < -0.4 is 5.32 Å². The van der Waals surface area contributed by atoms with E-state index in [1.54, 1.807) is 24.3 Å². The normalized spacial score (nSPS) is 12.1. The van der Waals surface area contributed by atoms with E-state index in [1.165, 1.54) is 0 Å². The molecule has 0 fully saturated rings. The van der Waals surface area contributed by atoms with Crippen molar-refractivity contribution in [3.05, 3.63) is 29.8 Å². The second kappa shape index (κ2) is 7.17. The Balaban J connectivity index is 2.37. The van der Waals surface area contributed by atoms with E-state index in [0.717, 1.165) is 12.8 Å². The van der Waals surface area contributed by atoms with E-state index in [9.17, 15) is 9.90 Å².